The van der Waals surface area contributed by atoms with Gasteiger partial charge in [-0.15, -0.1) is 0 Å². The van der Waals surface area contributed by atoms with E-state index in [1.54, 1.807) is 6.33 Å². The van der Waals surface area contributed by atoms with Crippen molar-refractivity contribution in [1.29, 1.82) is 0 Å². The maximum Gasteiger partial charge on any atom is 0.163 e. The Morgan fingerprint density at radius 3 is 1.55 bits per heavy atom. The highest BCUT2D eigenvalue weighted by Gasteiger charge is 2.17. The number of benzene rings is 8. The quantitative estimate of drug-likeness (QED) is 0.172. The molecule has 5 heteroatoms. The van der Waals surface area contributed by atoms with Gasteiger partial charge in [-0.1, -0.05) is 140 Å². The lowest BCUT2D eigenvalue weighted by molar-refractivity contribution is 1.06. The molecule has 0 bridgehead atoms. The predicted molar refractivity (Wildman–Crippen MR) is 230 cm³/mol. The van der Waals surface area contributed by atoms with E-state index in [1.165, 1.54) is 49.3 Å². The molecule has 0 fully saturated rings. The molecule has 0 aliphatic carbocycles. The molecule has 0 aliphatic heterocycles. The lowest BCUT2D eigenvalue weighted by atomic mass is 10.0. The number of aromatic nitrogens is 5. The van der Waals surface area contributed by atoms with E-state index in [2.05, 4.69) is 207 Å². The molecule has 11 aromatic rings. The fraction of sp³-hybridized carbons (Fsp3) is 0. The number of hydrogen-bond acceptors (Lipinski definition) is 3. The van der Waals surface area contributed by atoms with Gasteiger partial charge in [0.25, 0.3) is 0 Å². The van der Waals surface area contributed by atoms with Gasteiger partial charge in [0.05, 0.1) is 22.1 Å². The average Bonchev–Trinajstić information content (AvgIpc) is 3.79. The summed E-state index contributed by atoms with van der Waals surface area (Å²) in [5.41, 5.74) is 13.5. The number of para-hydroxylation sites is 3. The highest BCUT2D eigenvalue weighted by atomic mass is 15.0. The average molecular weight is 716 g/mol. The molecule has 0 saturated carbocycles. The van der Waals surface area contributed by atoms with E-state index in [9.17, 15) is 0 Å². The molecule has 3 aromatic heterocycles. The summed E-state index contributed by atoms with van der Waals surface area (Å²) in [7, 11) is 0. The van der Waals surface area contributed by atoms with Crippen molar-refractivity contribution in [2.24, 2.45) is 0 Å². The fourth-order valence-corrected chi connectivity index (χ4v) is 8.24. The van der Waals surface area contributed by atoms with Crippen LogP contribution in [0.25, 0.3) is 100 Å². The molecule has 5 nitrogen and oxygen atoms in total. The molecule has 11 rings (SSSR count). The normalized spacial score (nSPS) is 11.6. The van der Waals surface area contributed by atoms with Gasteiger partial charge in [-0.05, 0) is 76.9 Å². The summed E-state index contributed by atoms with van der Waals surface area (Å²) < 4.78 is 4.72. The van der Waals surface area contributed by atoms with E-state index < -0.39 is 0 Å². The van der Waals surface area contributed by atoms with Gasteiger partial charge in [-0.25, -0.2) is 15.0 Å². The van der Waals surface area contributed by atoms with Crippen molar-refractivity contribution in [1.82, 2.24) is 24.1 Å². The summed E-state index contributed by atoms with van der Waals surface area (Å²) in [6.07, 6.45) is 1.61. The second-order valence-electron chi connectivity index (χ2n) is 14.1. The highest BCUT2D eigenvalue weighted by molar-refractivity contribution is 6.12. The molecule has 56 heavy (non-hydrogen) atoms. The molecule has 262 valence electrons. The van der Waals surface area contributed by atoms with Crippen molar-refractivity contribution in [2.45, 2.75) is 0 Å². The zero-order valence-corrected chi connectivity index (χ0v) is 30.3. The Morgan fingerprint density at radius 2 is 0.786 bits per heavy atom. The third-order valence-corrected chi connectivity index (χ3v) is 10.9. The zero-order chi connectivity index (χ0) is 37.0. The summed E-state index contributed by atoms with van der Waals surface area (Å²) >= 11 is 0. The van der Waals surface area contributed by atoms with Crippen molar-refractivity contribution in [3.63, 3.8) is 0 Å². The van der Waals surface area contributed by atoms with E-state index in [4.69, 9.17) is 4.98 Å². The Morgan fingerprint density at radius 1 is 0.286 bits per heavy atom. The van der Waals surface area contributed by atoms with Crippen LogP contribution in [0, 0.1) is 0 Å². The topological polar surface area (TPSA) is 48.5 Å². The molecular formula is C51H33N5. The van der Waals surface area contributed by atoms with Crippen molar-refractivity contribution in [3.8, 4) is 56.4 Å². The van der Waals surface area contributed by atoms with E-state index in [1.807, 2.05) is 6.07 Å². The first-order valence-electron chi connectivity index (χ1n) is 18.8. The first-order chi connectivity index (χ1) is 27.8. The molecule has 0 aliphatic rings. The van der Waals surface area contributed by atoms with Crippen LogP contribution in [0.15, 0.2) is 200 Å². The smallest absolute Gasteiger partial charge is 0.163 e. The minimum atomic E-state index is 0.635. The molecule has 0 spiro atoms. The molecule has 0 unspecified atom stereocenters. The second-order valence-corrected chi connectivity index (χ2v) is 14.1. The Kier molecular flexibility index (Phi) is 7.42. The number of hydrogen-bond donors (Lipinski definition) is 0. The van der Waals surface area contributed by atoms with Gasteiger partial charge in [0.2, 0.25) is 0 Å². The third-order valence-electron chi connectivity index (χ3n) is 10.9. The van der Waals surface area contributed by atoms with Crippen molar-refractivity contribution in [2.75, 3.05) is 0 Å². The van der Waals surface area contributed by atoms with Crippen LogP contribution < -0.4 is 0 Å². The van der Waals surface area contributed by atoms with Crippen LogP contribution in [0.3, 0.4) is 0 Å². The molecule has 0 radical (unpaired) electrons. The van der Waals surface area contributed by atoms with Crippen LogP contribution in [0.2, 0.25) is 0 Å². The lowest BCUT2D eigenvalue weighted by Gasteiger charge is -2.11. The Bertz CT molecular complexity index is 3230. The van der Waals surface area contributed by atoms with Crippen molar-refractivity contribution < 1.29 is 0 Å². The molecule has 3 heterocycles. The van der Waals surface area contributed by atoms with E-state index in [0.717, 1.165) is 39.1 Å². The van der Waals surface area contributed by atoms with Crippen LogP contribution in [-0.2, 0) is 0 Å². The number of nitrogens with zero attached hydrogens (tertiary/aromatic N) is 5. The van der Waals surface area contributed by atoms with Crippen molar-refractivity contribution in [3.05, 3.63) is 200 Å². The Hall–Kier alpha value is -7.63. The third kappa shape index (κ3) is 5.29. The summed E-state index contributed by atoms with van der Waals surface area (Å²) in [5, 5.41) is 4.91. The summed E-state index contributed by atoms with van der Waals surface area (Å²) in [6, 6.07) is 68.9. The van der Waals surface area contributed by atoms with Gasteiger partial charge in [0.15, 0.2) is 11.6 Å². The van der Waals surface area contributed by atoms with Gasteiger partial charge < -0.3 is 9.13 Å². The van der Waals surface area contributed by atoms with Crippen LogP contribution in [0.5, 0.6) is 0 Å². The Labute approximate surface area is 323 Å². The minimum Gasteiger partial charge on any atom is -0.309 e. The molecule has 0 amide bonds. The fourth-order valence-electron chi connectivity index (χ4n) is 8.24. The number of fused-ring (bicyclic) bond motifs is 6. The molecule has 0 saturated heterocycles. The second kappa shape index (κ2) is 13.0. The summed E-state index contributed by atoms with van der Waals surface area (Å²) in [6.45, 7) is 0. The van der Waals surface area contributed by atoms with Gasteiger partial charge in [0, 0.05) is 44.0 Å². The Balaban J connectivity index is 0.992. The molecule has 0 N–H and O–H groups in total. The number of rotatable bonds is 6. The first kappa shape index (κ1) is 31.9. The SMILES string of the molecule is c1ccc(-c2ccc(-c3ncnc(-c4cccc(-n5c6ccccc6c6cc(-c7ccc8c9ccccc9n(-c9ccccc9)c8c7)ccc65)c4)n3)cc2)cc1. The largest absolute Gasteiger partial charge is 0.309 e. The monoisotopic (exact) mass is 715 g/mol. The van der Waals surface area contributed by atoms with Gasteiger partial charge >= 0.3 is 0 Å². The molecular weight excluding hydrogens is 683 g/mol. The predicted octanol–water partition coefficient (Wildman–Crippen LogP) is 12.7. The van der Waals surface area contributed by atoms with Gasteiger partial charge in [0.1, 0.15) is 6.33 Å². The van der Waals surface area contributed by atoms with Crippen LogP contribution in [0.4, 0.5) is 0 Å². The van der Waals surface area contributed by atoms with Gasteiger partial charge in [-0.2, -0.15) is 0 Å². The van der Waals surface area contributed by atoms with E-state index in [-0.39, 0.29) is 0 Å². The van der Waals surface area contributed by atoms with Gasteiger partial charge in [-0.3, -0.25) is 0 Å². The van der Waals surface area contributed by atoms with Crippen molar-refractivity contribution >= 4 is 43.6 Å². The maximum atomic E-state index is 4.94. The maximum absolute atomic E-state index is 4.94. The minimum absolute atomic E-state index is 0.635. The van der Waals surface area contributed by atoms with Crippen LogP contribution >= 0.6 is 0 Å². The summed E-state index contributed by atoms with van der Waals surface area (Å²) in [4.78, 5) is 14.1. The standard InChI is InChI=1S/C51H33N5/c1-3-12-34(13-4-1)35-22-24-36(25-23-35)50-52-33-53-51(54-50)39-14-11-17-41(30-39)56-47-21-10-8-19-43(47)45-31-37(27-29-48(45)56)38-26-28-44-42-18-7-9-20-46(42)55(49(44)32-38)40-15-5-2-6-16-40/h1-33H. The van der Waals surface area contributed by atoms with E-state index in [0.29, 0.717) is 11.6 Å². The zero-order valence-electron chi connectivity index (χ0n) is 30.3. The molecule has 8 aromatic carbocycles. The van der Waals surface area contributed by atoms with Crippen LogP contribution in [-0.4, -0.2) is 24.1 Å². The summed E-state index contributed by atoms with van der Waals surface area (Å²) in [5.74, 6) is 1.28. The highest BCUT2D eigenvalue weighted by Crippen LogP contribution is 2.38. The first-order valence-corrected chi connectivity index (χ1v) is 18.8. The molecule has 0 atom stereocenters. The lowest BCUT2D eigenvalue weighted by Crippen LogP contribution is -1.98. The van der Waals surface area contributed by atoms with Crippen LogP contribution in [0.1, 0.15) is 0 Å². The van der Waals surface area contributed by atoms with E-state index >= 15 is 0 Å².